The highest BCUT2D eigenvalue weighted by Crippen LogP contribution is 2.24. The van der Waals surface area contributed by atoms with Crippen molar-refractivity contribution in [2.24, 2.45) is 5.73 Å². The SMILES string of the molecule is CCCCOC(=O)N(CC(=O)n1c(C(=O)OCc2ccccc2)nc2ncnc-2c1N)C(C)N. The molecule has 2 aliphatic rings. The maximum absolute atomic E-state index is 13.3. The Morgan fingerprint density at radius 2 is 1.88 bits per heavy atom. The summed E-state index contributed by atoms with van der Waals surface area (Å²) in [4.78, 5) is 51.8. The minimum Gasteiger partial charge on any atom is -0.455 e. The number of carbonyl (C=O) groups is 3. The lowest BCUT2D eigenvalue weighted by Crippen LogP contribution is -2.48. The zero-order valence-electron chi connectivity index (χ0n) is 19.0. The first-order valence-electron chi connectivity index (χ1n) is 10.8. The molecular weight excluding hydrogens is 442 g/mol. The number of nitrogens with zero attached hydrogens (tertiary/aromatic N) is 5. The van der Waals surface area contributed by atoms with Crippen molar-refractivity contribution < 1.29 is 23.9 Å². The van der Waals surface area contributed by atoms with E-state index >= 15 is 0 Å². The minimum absolute atomic E-state index is 0.0457. The Hall–Kier alpha value is -4.06. The van der Waals surface area contributed by atoms with Crippen molar-refractivity contribution in [2.45, 2.75) is 39.5 Å². The molecule has 1 aromatic rings. The van der Waals surface area contributed by atoms with E-state index in [1.165, 1.54) is 13.3 Å². The highest BCUT2D eigenvalue weighted by atomic mass is 16.6. The summed E-state index contributed by atoms with van der Waals surface area (Å²) in [6.45, 7) is 3.11. The van der Waals surface area contributed by atoms with Crippen LogP contribution in [0.5, 0.6) is 0 Å². The van der Waals surface area contributed by atoms with E-state index in [4.69, 9.17) is 20.9 Å². The summed E-state index contributed by atoms with van der Waals surface area (Å²) >= 11 is 0. The molecule has 0 radical (unpaired) electrons. The molecule has 180 valence electrons. The Bertz CT molecular complexity index is 1120. The van der Waals surface area contributed by atoms with Gasteiger partial charge in [0.2, 0.25) is 5.82 Å². The maximum atomic E-state index is 13.3. The number of hydrogen-bond donors (Lipinski definition) is 2. The van der Waals surface area contributed by atoms with E-state index in [-0.39, 0.29) is 30.5 Å². The van der Waals surface area contributed by atoms with Gasteiger partial charge >= 0.3 is 12.1 Å². The Balaban J connectivity index is 1.89. The number of benzene rings is 1. The van der Waals surface area contributed by atoms with Crippen molar-refractivity contribution in [3.8, 4) is 11.5 Å². The van der Waals surface area contributed by atoms with E-state index in [0.717, 1.165) is 21.5 Å². The average Bonchev–Trinajstić information content (AvgIpc) is 3.30. The Kier molecular flexibility index (Phi) is 8.09. The van der Waals surface area contributed by atoms with Crippen LogP contribution in [0.4, 0.5) is 10.6 Å². The topological polar surface area (TPSA) is 169 Å². The molecule has 0 fully saturated rings. The molecule has 12 nitrogen and oxygen atoms in total. The number of esters is 1. The first-order chi connectivity index (χ1) is 16.3. The van der Waals surface area contributed by atoms with Gasteiger partial charge in [0.05, 0.1) is 12.8 Å². The summed E-state index contributed by atoms with van der Waals surface area (Å²) < 4.78 is 11.4. The van der Waals surface area contributed by atoms with E-state index < -0.39 is 36.5 Å². The number of aromatic nitrogens is 4. The molecule has 2 aliphatic heterocycles. The van der Waals surface area contributed by atoms with Gasteiger partial charge in [-0.2, -0.15) is 0 Å². The molecule has 3 rings (SSSR count). The summed E-state index contributed by atoms with van der Waals surface area (Å²) in [6, 6.07) is 9.00. The van der Waals surface area contributed by atoms with Gasteiger partial charge in [0.15, 0.2) is 11.5 Å². The largest absolute Gasteiger partial charge is 0.455 e. The van der Waals surface area contributed by atoms with Gasteiger partial charge in [0.1, 0.15) is 25.3 Å². The number of amides is 1. The van der Waals surface area contributed by atoms with E-state index in [2.05, 4.69) is 15.0 Å². The molecule has 0 saturated carbocycles. The van der Waals surface area contributed by atoms with Crippen LogP contribution < -0.4 is 11.5 Å². The molecule has 1 amide bonds. The van der Waals surface area contributed by atoms with Crippen molar-refractivity contribution >= 4 is 23.8 Å². The van der Waals surface area contributed by atoms with Gasteiger partial charge in [-0.25, -0.2) is 29.1 Å². The number of rotatable bonds is 9. The van der Waals surface area contributed by atoms with Gasteiger partial charge in [0, 0.05) is 0 Å². The Morgan fingerprint density at radius 3 is 2.56 bits per heavy atom. The van der Waals surface area contributed by atoms with E-state index in [1.807, 2.05) is 13.0 Å². The molecule has 1 aromatic carbocycles. The van der Waals surface area contributed by atoms with Gasteiger partial charge in [-0.3, -0.25) is 9.69 Å². The second-order valence-corrected chi connectivity index (χ2v) is 7.49. The quantitative estimate of drug-likeness (QED) is 0.268. The van der Waals surface area contributed by atoms with Crippen LogP contribution in [0.3, 0.4) is 0 Å². The van der Waals surface area contributed by atoms with Crippen molar-refractivity contribution in [1.82, 2.24) is 24.4 Å². The third-order valence-electron chi connectivity index (χ3n) is 4.89. The van der Waals surface area contributed by atoms with Crippen LogP contribution in [-0.4, -0.2) is 61.7 Å². The number of nitrogens with two attached hydrogens (primary N) is 2. The lowest BCUT2D eigenvalue weighted by molar-refractivity contribution is 0.0443. The molecule has 4 N–H and O–H groups in total. The predicted molar refractivity (Wildman–Crippen MR) is 122 cm³/mol. The van der Waals surface area contributed by atoms with Crippen LogP contribution in [0.2, 0.25) is 0 Å². The third kappa shape index (κ3) is 5.64. The molecule has 0 aromatic heterocycles. The molecule has 0 bridgehead atoms. The molecular formula is C22H27N7O5. The van der Waals surface area contributed by atoms with E-state index in [1.54, 1.807) is 24.3 Å². The van der Waals surface area contributed by atoms with Crippen molar-refractivity contribution in [2.75, 3.05) is 18.9 Å². The number of carbonyl (C=O) groups excluding carboxylic acids is 3. The second kappa shape index (κ2) is 11.2. The van der Waals surface area contributed by atoms with Crippen LogP contribution in [0, 0.1) is 0 Å². The fraction of sp³-hybridized carbons (Fsp3) is 0.364. The summed E-state index contributed by atoms with van der Waals surface area (Å²) in [7, 11) is 0. The van der Waals surface area contributed by atoms with Crippen molar-refractivity contribution in [3.63, 3.8) is 0 Å². The first-order valence-corrected chi connectivity index (χ1v) is 10.8. The van der Waals surface area contributed by atoms with Gasteiger partial charge in [-0.05, 0) is 18.9 Å². The second-order valence-electron chi connectivity index (χ2n) is 7.49. The average molecular weight is 470 g/mol. The van der Waals surface area contributed by atoms with Crippen LogP contribution in [0.1, 0.15) is 47.7 Å². The van der Waals surface area contributed by atoms with Gasteiger partial charge in [0.25, 0.3) is 5.91 Å². The van der Waals surface area contributed by atoms with Crippen LogP contribution in [0.25, 0.3) is 11.5 Å². The highest BCUT2D eigenvalue weighted by molar-refractivity contribution is 5.97. The number of ether oxygens (including phenoxy) is 2. The fourth-order valence-corrected chi connectivity index (χ4v) is 3.05. The Morgan fingerprint density at radius 1 is 1.15 bits per heavy atom. The molecule has 34 heavy (non-hydrogen) atoms. The fourth-order valence-electron chi connectivity index (χ4n) is 3.05. The molecule has 12 heteroatoms. The summed E-state index contributed by atoms with van der Waals surface area (Å²) in [5.74, 6) is -2.12. The minimum atomic E-state index is -0.897. The molecule has 1 unspecified atom stereocenters. The van der Waals surface area contributed by atoms with Crippen LogP contribution in [0.15, 0.2) is 36.7 Å². The van der Waals surface area contributed by atoms with Crippen LogP contribution >= 0.6 is 0 Å². The number of unbranched alkanes of at least 4 members (excludes halogenated alkanes) is 1. The van der Waals surface area contributed by atoms with E-state index in [0.29, 0.717) is 6.42 Å². The molecule has 0 aliphatic carbocycles. The normalized spacial score (nSPS) is 11.7. The molecule has 1 atom stereocenters. The summed E-state index contributed by atoms with van der Waals surface area (Å²) in [5, 5.41) is 0. The monoisotopic (exact) mass is 469 g/mol. The van der Waals surface area contributed by atoms with E-state index in [9.17, 15) is 14.4 Å². The summed E-state index contributed by atoms with van der Waals surface area (Å²) in [5.41, 5.74) is 12.9. The van der Waals surface area contributed by atoms with Gasteiger partial charge in [-0.1, -0.05) is 43.7 Å². The number of imidazole rings is 1. The summed E-state index contributed by atoms with van der Waals surface area (Å²) in [6.07, 6.45) is 1.11. The smallest absolute Gasteiger partial charge is 0.411 e. The Labute approximate surface area is 196 Å². The number of fused-ring (bicyclic) bond motifs is 1. The van der Waals surface area contributed by atoms with Crippen molar-refractivity contribution in [3.05, 3.63) is 48.0 Å². The predicted octanol–water partition coefficient (Wildman–Crippen LogP) is 1.90. The van der Waals surface area contributed by atoms with Gasteiger partial charge < -0.3 is 20.9 Å². The number of anilines is 1. The first kappa shape index (κ1) is 24.6. The van der Waals surface area contributed by atoms with Crippen molar-refractivity contribution in [1.29, 1.82) is 0 Å². The zero-order chi connectivity index (χ0) is 24.7. The molecule has 0 spiro atoms. The molecule has 0 saturated heterocycles. The standard InChI is InChI=1S/C22H27N7O5/c1-3-4-10-33-22(32)28(14(2)23)11-16(30)29-18(24)17-19(26-13-25-17)27-20(29)21(31)34-12-15-8-6-5-7-9-15/h5-9,13-14H,3-4,10-12,23-24H2,1-2H3. The number of hydrogen-bond acceptors (Lipinski definition) is 10. The third-order valence-corrected chi connectivity index (χ3v) is 4.89. The van der Waals surface area contributed by atoms with Gasteiger partial charge in [-0.15, -0.1) is 0 Å². The molecule has 2 heterocycles. The lowest BCUT2D eigenvalue weighted by Gasteiger charge is -2.26. The maximum Gasteiger partial charge on any atom is 0.411 e. The highest BCUT2D eigenvalue weighted by Gasteiger charge is 2.30. The lowest BCUT2D eigenvalue weighted by atomic mass is 10.2. The van der Waals surface area contributed by atoms with Crippen LogP contribution in [-0.2, 0) is 16.1 Å². The zero-order valence-corrected chi connectivity index (χ0v) is 19.0. The number of nitrogen functional groups attached to an aromatic ring is 1.